The van der Waals surface area contributed by atoms with Crippen molar-refractivity contribution in [2.24, 2.45) is 0 Å². The van der Waals surface area contributed by atoms with Gasteiger partial charge in [-0.2, -0.15) is 5.10 Å². The Hall–Kier alpha value is -1.91. The van der Waals surface area contributed by atoms with Gasteiger partial charge >= 0.3 is 0 Å². The first-order chi connectivity index (χ1) is 10.2. The third-order valence-corrected chi connectivity index (χ3v) is 3.72. The summed E-state index contributed by atoms with van der Waals surface area (Å²) in [5.41, 5.74) is 2.03. The van der Waals surface area contributed by atoms with Crippen molar-refractivity contribution in [3.63, 3.8) is 0 Å². The summed E-state index contributed by atoms with van der Waals surface area (Å²) >= 11 is 6.17. The number of pyridine rings is 1. The summed E-state index contributed by atoms with van der Waals surface area (Å²) in [5, 5.41) is 16.3. The maximum atomic E-state index is 10.6. The molecule has 108 valence electrons. The molecular formula is C16H16ClN3O. The maximum Gasteiger partial charge on any atom is 0.139 e. The zero-order chi connectivity index (χ0) is 14.8. The van der Waals surface area contributed by atoms with Crippen LogP contribution in [0.3, 0.4) is 0 Å². The van der Waals surface area contributed by atoms with Gasteiger partial charge in [-0.25, -0.2) is 4.98 Å². The summed E-state index contributed by atoms with van der Waals surface area (Å²) in [5.74, 6) is 0. The van der Waals surface area contributed by atoms with Gasteiger partial charge in [0.2, 0.25) is 0 Å². The number of nitrogens with zero attached hydrogens (tertiary/aromatic N) is 3. The van der Waals surface area contributed by atoms with E-state index in [1.165, 1.54) is 0 Å². The Kier molecular flexibility index (Phi) is 3.90. The highest BCUT2D eigenvalue weighted by Gasteiger charge is 2.21. The van der Waals surface area contributed by atoms with E-state index < -0.39 is 6.10 Å². The maximum absolute atomic E-state index is 10.6. The Morgan fingerprint density at radius 1 is 1.24 bits per heavy atom. The van der Waals surface area contributed by atoms with Crippen molar-refractivity contribution in [3.05, 3.63) is 59.0 Å². The van der Waals surface area contributed by atoms with Crippen LogP contribution >= 0.6 is 11.6 Å². The molecule has 2 heterocycles. The average Bonchev–Trinajstić information content (AvgIpc) is 2.87. The van der Waals surface area contributed by atoms with Gasteiger partial charge in [0.25, 0.3) is 0 Å². The quantitative estimate of drug-likeness (QED) is 0.801. The van der Waals surface area contributed by atoms with Crippen LogP contribution in [0.25, 0.3) is 10.9 Å². The lowest BCUT2D eigenvalue weighted by atomic mass is 10.1. The first kappa shape index (κ1) is 14.0. The predicted molar refractivity (Wildman–Crippen MR) is 83.3 cm³/mol. The predicted octanol–water partition coefficient (Wildman–Crippen LogP) is 3.58. The number of hydrogen-bond donors (Lipinski definition) is 1. The van der Waals surface area contributed by atoms with Crippen LogP contribution in [0, 0.1) is 0 Å². The van der Waals surface area contributed by atoms with Crippen molar-refractivity contribution >= 4 is 22.5 Å². The zero-order valence-corrected chi connectivity index (χ0v) is 12.5. The molecule has 5 heteroatoms. The van der Waals surface area contributed by atoms with E-state index in [1.54, 1.807) is 10.9 Å². The Labute approximate surface area is 128 Å². The van der Waals surface area contributed by atoms with E-state index >= 15 is 0 Å². The summed E-state index contributed by atoms with van der Waals surface area (Å²) in [7, 11) is 0. The molecule has 0 bridgehead atoms. The van der Waals surface area contributed by atoms with Gasteiger partial charge in [-0.3, -0.25) is 4.68 Å². The van der Waals surface area contributed by atoms with Crippen LogP contribution in [-0.2, 0) is 6.54 Å². The molecule has 0 saturated heterocycles. The third kappa shape index (κ3) is 2.64. The van der Waals surface area contributed by atoms with Crippen LogP contribution in [-0.4, -0.2) is 19.9 Å². The highest BCUT2D eigenvalue weighted by atomic mass is 35.5. The Bertz CT molecular complexity index is 769. The zero-order valence-electron chi connectivity index (χ0n) is 11.7. The number of aliphatic hydroxyl groups excluding tert-OH is 1. The normalized spacial score (nSPS) is 12.7. The molecule has 0 aliphatic rings. The number of hydrogen-bond acceptors (Lipinski definition) is 3. The molecule has 0 radical (unpaired) electrons. The summed E-state index contributed by atoms with van der Waals surface area (Å²) < 4.78 is 1.74. The first-order valence-corrected chi connectivity index (χ1v) is 7.33. The summed E-state index contributed by atoms with van der Waals surface area (Å²) in [4.78, 5) is 4.52. The fourth-order valence-corrected chi connectivity index (χ4v) is 2.65. The van der Waals surface area contributed by atoms with E-state index in [1.807, 2.05) is 36.4 Å². The van der Waals surface area contributed by atoms with Crippen LogP contribution in [0.4, 0.5) is 0 Å². The SMILES string of the molecule is CCCn1ncc(Cl)c1C(O)c1ccc2ccccc2n1. The lowest BCUT2D eigenvalue weighted by molar-refractivity contribution is 0.203. The van der Waals surface area contributed by atoms with E-state index in [9.17, 15) is 5.11 Å². The van der Waals surface area contributed by atoms with E-state index in [-0.39, 0.29) is 0 Å². The topological polar surface area (TPSA) is 50.9 Å². The Balaban J connectivity index is 2.03. The largest absolute Gasteiger partial charge is 0.380 e. The number of rotatable bonds is 4. The van der Waals surface area contributed by atoms with E-state index in [0.717, 1.165) is 17.3 Å². The number of aryl methyl sites for hydroxylation is 1. The smallest absolute Gasteiger partial charge is 0.139 e. The molecule has 4 nitrogen and oxygen atoms in total. The third-order valence-electron chi connectivity index (χ3n) is 3.43. The molecule has 0 aliphatic carbocycles. The van der Waals surface area contributed by atoms with Gasteiger partial charge in [-0.15, -0.1) is 0 Å². The number of aromatic nitrogens is 3. The minimum atomic E-state index is -0.879. The van der Waals surface area contributed by atoms with Gasteiger partial charge < -0.3 is 5.11 Å². The minimum absolute atomic E-state index is 0.464. The van der Waals surface area contributed by atoms with Crippen molar-refractivity contribution in [2.45, 2.75) is 26.0 Å². The summed E-state index contributed by atoms with van der Waals surface area (Å²) in [6.45, 7) is 2.77. The molecule has 0 spiro atoms. The van der Waals surface area contributed by atoms with E-state index in [2.05, 4.69) is 17.0 Å². The molecule has 1 aromatic carbocycles. The van der Waals surface area contributed by atoms with Gasteiger partial charge in [-0.05, 0) is 18.6 Å². The lowest BCUT2D eigenvalue weighted by Crippen LogP contribution is -2.11. The standard InChI is InChI=1S/C16H16ClN3O/c1-2-9-20-15(12(17)10-18-20)16(21)14-8-7-11-5-3-4-6-13(11)19-14/h3-8,10,16,21H,2,9H2,1H3. The van der Waals surface area contributed by atoms with Crippen molar-refractivity contribution in [1.82, 2.24) is 14.8 Å². The highest BCUT2D eigenvalue weighted by Crippen LogP contribution is 2.28. The highest BCUT2D eigenvalue weighted by molar-refractivity contribution is 6.31. The number of aliphatic hydroxyl groups is 1. The van der Waals surface area contributed by atoms with Crippen LogP contribution in [0.5, 0.6) is 0 Å². The fraction of sp³-hybridized carbons (Fsp3) is 0.250. The number of halogens is 1. The second-order valence-electron chi connectivity index (χ2n) is 4.93. The molecule has 1 unspecified atom stereocenters. The van der Waals surface area contributed by atoms with Gasteiger partial charge in [0.05, 0.1) is 28.1 Å². The monoisotopic (exact) mass is 301 g/mol. The van der Waals surface area contributed by atoms with Crippen molar-refractivity contribution < 1.29 is 5.11 Å². The lowest BCUT2D eigenvalue weighted by Gasteiger charge is -2.14. The molecule has 0 aliphatic heterocycles. The van der Waals surface area contributed by atoms with E-state index in [4.69, 9.17) is 11.6 Å². The number of fused-ring (bicyclic) bond motifs is 1. The van der Waals surface area contributed by atoms with Crippen molar-refractivity contribution in [2.75, 3.05) is 0 Å². The molecule has 1 N–H and O–H groups in total. The molecule has 2 aromatic heterocycles. The number of para-hydroxylation sites is 1. The Morgan fingerprint density at radius 3 is 2.86 bits per heavy atom. The molecule has 3 aromatic rings. The van der Waals surface area contributed by atoms with Crippen LogP contribution in [0.1, 0.15) is 30.8 Å². The van der Waals surface area contributed by atoms with Crippen LogP contribution in [0.2, 0.25) is 5.02 Å². The van der Waals surface area contributed by atoms with Crippen molar-refractivity contribution in [3.8, 4) is 0 Å². The average molecular weight is 302 g/mol. The molecule has 0 fully saturated rings. The minimum Gasteiger partial charge on any atom is -0.380 e. The number of benzene rings is 1. The second-order valence-corrected chi connectivity index (χ2v) is 5.34. The summed E-state index contributed by atoms with van der Waals surface area (Å²) in [6.07, 6.45) is 1.61. The molecule has 21 heavy (non-hydrogen) atoms. The molecular weight excluding hydrogens is 286 g/mol. The van der Waals surface area contributed by atoms with Gasteiger partial charge in [0.1, 0.15) is 6.10 Å². The fourth-order valence-electron chi connectivity index (χ4n) is 2.41. The molecule has 0 amide bonds. The van der Waals surface area contributed by atoms with Gasteiger partial charge in [0.15, 0.2) is 0 Å². The molecule has 3 rings (SSSR count). The Morgan fingerprint density at radius 2 is 2.05 bits per heavy atom. The van der Waals surface area contributed by atoms with Crippen LogP contribution < -0.4 is 0 Å². The van der Waals surface area contributed by atoms with E-state index in [0.29, 0.717) is 23.0 Å². The summed E-state index contributed by atoms with van der Waals surface area (Å²) in [6, 6.07) is 11.6. The second kappa shape index (κ2) is 5.84. The molecule has 1 atom stereocenters. The van der Waals surface area contributed by atoms with Crippen LogP contribution in [0.15, 0.2) is 42.6 Å². The molecule has 0 saturated carbocycles. The van der Waals surface area contributed by atoms with Crippen molar-refractivity contribution in [1.29, 1.82) is 0 Å². The van der Waals surface area contributed by atoms with Gasteiger partial charge in [-0.1, -0.05) is 42.8 Å². The first-order valence-electron chi connectivity index (χ1n) is 6.95. The van der Waals surface area contributed by atoms with Gasteiger partial charge in [0, 0.05) is 11.9 Å².